The maximum absolute atomic E-state index is 10.6. The van der Waals surface area contributed by atoms with E-state index < -0.39 is 0 Å². The van der Waals surface area contributed by atoms with Crippen LogP contribution in [0.5, 0.6) is 0 Å². The van der Waals surface area contributed by atoms with Gasteiger partial charge in [-0.1, -0.05) is 0 Å². The van der Waals surface area contributed by atoms with Crippen molar-refractivity contribution in [3.8, 4) is 0 Å². The third-order valence-electron chi connectivity index (χ3n) is 2.77. The van der Waals surface area contributed by atoms with Crippen LogP contribution in [0.15, 0.2) is 36.7 Å². The fraction of sp³-hybridized carbons (Fsp3) is 0.231. The molecule has 4 nitrogen and oxygen atoms in total. The average molecular weight is 229 g/mol. The Bertz CT molecular complexity index is 502. The molecule has 0 atom stereocenters. The number of carbonyl (C=O) groups excluding carboxylic acids is 1. The van der Waals surface area contributed by atoms with Crippen molar-refractivity contribution in [3.05, 3.63) is 48.0 Å². The summed E-state index contributed by atoms with van der Waals surface area (Å²) in [7, 11) is 3.98. The van der Waals surface area contributed by atoms with Crippen molar-refractivity contribution in [3.63, 3.8) is 0 Å². The molecule has 2 aromatic rings. The smallest absolute Gasteiger partial charge is 0.150 e. The van der Waals surface area contributed by atoms with Crippen molar-refractivity contribution in [2.75, 3.05) is 11.9 Å². The topological polar surface area (TPSA) is 38.1 Å². The van der Waals surface area contributed by atoms with Gasteiger partial charge in [0.15, 0.2) is 0 Å². The molecule has 0 saturated heterocycles. The Kier molecular flexibility index (Phi) is 3.23. The van der Waals surface area contributed by atoms with Gasteiger partial charge in [0.25, 0.3) is 0 Å². The summed E-state index contributed by atoms with van der Waals surface area (Å²) in [5.74, 6) is 1.01. The number of benzene rings is 1. The van der Waals surface area contributed by atoms with Crippen molar-refractivity contribution >= 4 is 12.0 Å². The van der Waals surface area contributed by atoms with Crippen LogP contribution in [-0.2, 0) is 13.6 Å². The van der Waals surface area contributed by atoms with Crippen molar-refractivity contribution < 1.29 is 4.79 Å². The fourth-order valence-electron chi connectivity index (χ4n) is 1.66. The highest BCUT2D eigenvalue weighted by molar-refractivity contribution is 5.75. The summed E-state index contributed by atoms with van der Waals surface area (Å²) in [5, 5.41) is 0. The zero-order valence-electron chi connectivity index (χ0n) is 10.00. The molecule has 88 valence electrons. The zero-order valence-corrected chi connectivity index (χ0v) is 10.00. The Morgan fingerprint density at radius 1 is 1.35 bits per heavy atom. The van der Waals surface area contributed by atoms with Gasteiger partial charge in [-0.25, -0.2) is 4.98 Å². The lowest BCUT2D eigenvalue weighted by Crippen LogP contribution is -2.18. The lowest BCUT2D eigenvalue weighted by molar-refractivity contribution is 0.112. The van der Waals surface area contributed by atoms with E-state index in [2.05, 4.69) is 9.88 Å². The Hall–Kier alpha value is -2.10. The molecule has 1 heterocycles. The highest BCUT2D eigenvalue weighted by atomic mass is 16.1. The molecule has 1 aromatic heterocycles. The van der Waals surface area contributed by atoms with Gasteiger partial charge >= 0.3 is 0 Å². The molecule has 0 radical (unpaired) electrons. The molecule has 4 heteroatoms. The van der Waals surface area contributed by atoms with Crippen LogP contribution in [0.3, 0.4) is 0 Å². The van der Waals surface area contributed by atoms with Gasteiger partial charge in [-0.3, -0.25) is 4.79 Å². The van der Waals surface area contributed by atoms with Crippen LogP contribution >= 0.6 is 0 Å². The molecule has 0 N–H and O–H groups in total. The zero-order chi connectivity index (χ0) is 12.3. The predicted octanol–water partition coefficient (Wildman–Crippen LogP) is 1.87. The van der Waals surface area contributed by atoms with E-state index >= 15 is 0 Å². The number of aldehydes is 1. The Morgan fingerprint density at radius 2 is 2.06 bits per heavy atom. The summed E-state index contributed by atoms with van der Waals surface area (Å²) in [6.45, 7) is 0.740. The lowest BCUT2D eigenvalue weighted by atomic mass is 10.2. The van der Waals surface area contributed by atoms with Crippen LogP contribution < -0.4 is 4.90 Å². The summed E-state index contributed by atoms with van der Waals surface area (Å²) in [5.41, 5.74) is 1.76. The van der Waals surface area contributed by atoms with Crippen LogP contribution in [0.2, 0.25) is 0 Å². The van der Waals surface area contributed by atoms with Gasteiger partial charge in [-0.2, -0.15) is 0 Å². The molecule has 0 unspecified atom stereocenters. The molecule has 0 aliphatic carbocycles. The summed E-state index contributed by atoms with van der Waals surface area (Å²) in [4.78, 5) is 16.9. The molecule has 0 spiro atoms. The van der Waals surface area contributed by atoms with Crippen LogP contribution in [0.4, 0.5) is 5.69 Å². The fourth-order valence-corrected chi connectivity index (χ4v) is 1.66. The average Bonchev–Trinajstić information content (AvgIpc) is 2.75. The van der Waals surface area contributed by atoms with E-state index in [1.54, 1.807) is 6.20 Å². The third-order valence-corrected chi connectivity index (χ3v) is 2.77. The quantitative estimate of drug-likeness (QED) is 0.751. The second-order valence-corrected chi connectivity index (χ2v) is 4.02. The SMILES string of the molecule is CN(Cc1nccn1C)c1ccc(C=O)cc1. The first kappa shape index (κ1) is 11.4. The van der Waals surface area contributed by atoms with Gasteiger partial charge < -0.3 is 9.47 Å². The minimum Gasteiger partial charge on any atom is -0.367 e. The minimum atomic E-state index is 0.694. The number of aryl methyl sites for hydroxylation is 1. The normalized spacial score (nSPS) is 10.2. The van der Waals surface area contributed by atoms with Crippen molar-refractivity contribution in [1.82, 2.24) is 9.55 Å². The van der Waals surface area contributed by atoms with Crippen LogP contribution in [0.1, 0.15) is 16.2 Å². The first-order valence-corrected chi connectivity index (χ1v) is 5.43. The van der Waals surface area contributed by atoms with Gasteiger partial charge in [0.2, 0.25) is 0 Å². The number of aromatic nitrogens is 2. The molecule has 1 aromatic carbocycles. The van der Waals surface area contributed by atoms with Crippen LogP contribution in [0, 0.1) is 0 Å². The van der Waals surface area contributed by atoms with Crippen LogP contribution in [-0.4, -0.2) is 22.9 Å². The number of anilines is 1. The molecule has 0 bridgehead atoms. The third kappa shape index (κ3) is 2.53. The lowest BCUT2D eigenvalue weighted by Gasteiger charge is -2.18. The first-order valence-electron chi connectivity index (χ1n) is 5.43. The van der Waals surface area contributed by atoms with E-state index in [1.165, 1.54) is 0 Å². The number of nitrogens with zero attached hydrogens (tertiary/aromatic N) is 3. The van der Waals surface area contributed by atoms with Gasteiger partial charge in [0, 0.05) is 37.7 Å². The first-order chi connectivity index (χ1) is 8.20. The van der Waals surface area contributed by atoms with E-state index in [9.17, 15) is 4.79 Å². The van der Waals surface area contributed by atoms with E-state index in [0.717, 1.165) is 24.3 Å². The predicted molar refractivity (Wildman–Crippen MR) is 67.1 cm³/mol. The summed E-state index contributed by atoms with van der Waals surface area (Å²) in [6.07, 6.45) is 4.57. The second kappa shape index (κ2) is 4.82. The van der Waals surface area contributed by atoms with Crippen LogP contribution in [0.25, 0.3) is 0 Å². The number of imidazole rings is 1. The van der Waals surface area contributed by atoms with Gasteiger partial charge in [0.05, 0.1) is 6.54 Å². The standard InChI is InChI=1S/C13H15N3O/c1-15-8-7-14-13(15)9-16(2)12-5-3-11(10-17)4-6-12/h3-8,10H,9H2,1-2H3. The molecule has 0 amide bonds. The summed E-state index contributed by atoms with van der Waals surface area (Å²) >= 11 is 0. The monoisotopic (exact) mass is 229 g/mol. The number of hydrogen-bond donors (Lipinski definition) is 0. The van der Waals surface area contributed by atoms with Gasteiger partial charge in [-0.05, 0) is 24.3 Å². The molecular formula is C13H15N3O. The van der Waals surface area contributed by atoms with Gasteiger partial charge in [-0.15, -0.1) is 0 Å². The molecule has 2 rings (SSSR count). The molecule has 0 aliphatic heterocycles. The number of carbonyl (C=O) groups is 1. The van der Waals surface area contributed by atoms with E-state index in [0.29, 0.717) is 5.56 Å². The minimum absolute atomic E-state index is 0.694. The van der Waals surface area contributed by atoms with Gasteiger partial charge in [0.1, 0.15) is 12.1 Å². The molecule has 17 heavy (non-hydrogen) atoms. The summed E-state index contributed by atoms with van der Waals surface area (Å²) in [6, 6.07) is 7.51. The van der Waals surface area contributed by atoms with Crippen molar-refractivity contribution in [1.29, 1.82) is 0 Å². The molecular weight excluding hydrogens is 214 g/mol. The molecule has 0 fully saturated rings. The number of rotatable bonds is 4. The van der Waals surface area contributed by atoms with E-state index in [4.69, 9.17) is 0 Å². The highest BCUT2D eigenvalue weighted by Gasteiger charge is 2.05. The Labute approximate surface area is 101 Å². The molecule has 0 aliphatic rings. The Balaban J connectivity index is 2.11. The van der Waals surface area contributed by atoms with Crippen molar-refractivity contribution in [2.24, 2.45) is 7.05 Å². The largest absolute Gasteiger partial charge is 0.367 e. The van der Waals surface area contributed by atoms with E-state index in [-0.39, 0.29) is 0 Å². The number of hydrogen-bond acceptors (Lipinski definition) is 3. The maximum Gasteiger partial charge on any atom is 0.150 e. The maximum atomic E-state index is 10.6. The summed E-state index contributed by atoms with van der Waals surface area (Å²) < 4.78 is 2.00. The molecule has 0 saturated carbocycles. The highest BCUT2D eigenvalue weighted by Crippen LogP contribution is 2.15. The van der Waals surface area contributed by atoms with E-state index in [1.807, 2.05) is 49.1 Å². The second-order valence-electron chi connectivity index (χ2n) is 4.02. The van der Waals surface area contributed by atoms with Crippen molar-refractivity contribution in [2.45, 2.75) is 6.54 Å². The Morgan fingerprint density at radius 3 is 2.59 bits per heavy atom.